The second-order valence-corrected chi connectivity index (χ2v) is 7.28. The average Bonchev–Trinajstić information content (AvgIpc) is 3.10. The van der Waals surface area contributed by atoms with Gasteiger partial charge in [-0.3, -0.25) is 13.9 Å². The van der Waals surface area contributed by atoms with Crippen molar-refractivity contribution in [2.75, 3.05) is 0 Å². The van der Waals surface area contributed by atoms with Gasteiger partial charge in [0.15, 0.2) is 11.2 Å². The standard InChI is InChI=1S/C21H27FN4O4/c1-3-5-11-25-19-18(24(10-4-2)17(13-27)23-19)20(29)26(21(25)30)12-16(28)14-6-8-15(22)9-7-14/h6-9,16,27-28H,3-5,10-13H2,1-2H3. The van der Waals surface area contributed by atoms with Crippen molar-refractivity contribution in [2.45, 2.75) is 65.5 Å². The van der Waals surface area contributed by atoms with Gasteiger partial charge in [-0.25, -0.2) is 14.2 Å². The van der Waals surface area contributed by atoms with Crippen LogP contribution in [0.3, 0.4) is 0 Å². The van der Waals surface area contributed by atoms with E-state index in [9.17, 15) is 24.2 Å². The summed E-state index contributed by atoms with van der Waals surface area (Å²) in [5.74, 6) is -0.114. The van der Waals surface area contributed by atoms with Crippen molar-refractivity contribution >= 4 is 11.2 Å². The number of nitrogens with zero attached hydrogens (tertiary/aromatic N) is 4. The minimum absolute atomic E-state index is 0.239. The number of unbranched alkanes of at least 4 members (excludes halogenated alkanes) is 1. The fourth-order valence-electron chi connectivity index (χ4n) is 3.56. The summed E-state index contributed by atoms with van der Waals surface area (Å²) in [6.45, 7) is 4.15. The number of benzene rings is 1. The number of aliphatic hydroxyl groups is 2. The number of aryl methyl sites for hydroxylation is 2. The summed E-state index contributed by atoms with van der Waals surface area (Å²) >= 11 is 0. The number of rotatable bonds is 9. The highest BCUT2D eigenvalue weighted by Gasteiger charge is 2.22. The Kier molecular flexibility index (Phi) is 6.84. The van der Waals surface area contributed by atoms with Gasteiger partial charge in [-0.2, -0.15) is 0 Å². The minimum Gasteiger partial charge on any atom is -0.388 e. The van der Waals surface area contributed by atoms with Crippen LogP contribution >= 0.6 is 0 Å². The van der Waals surface area contributed by atoms with Gasteiger partial charge in [0.1, 0.15) is 18.2 Å². The molecule has 8 nitrogen and oxygen atoms in total. The van der Waals surface area contributed by atoms with Crippen LogP contribution < -0.4 is 11.2 Å². The van der Waals surface area contributed by atoms with E-state index in [4.69, 9.17) is 0 Å². The topological polar surface area (TPSA) is 102 Å². The molecule has 0 radical (unpaired) electrons. The normalized spacial score (nSPS) is 12.6. The van der Waals surface area contributed by atoms with Crippen LogP contribution in [0.5, 0.6) is 0 Å². The van der Waals surface area contributed by atoms with E-state index < -0.39 is 23.2 Å². The van der Waals surface area contributed by atoms with E-state index in [0.29, 0.717) is 37.3 Å². The number of aromatic nitrogens is 4. The van der Waals surface area contributed by atoms with Crippen molar-refractivity contribution in [1.29, 1.82) is 0 Å². The molecule has 3 rings (SSSR count). The summed E-state index contributed by atoms with van der Waals surface area (Å²) in [6, 6.07) is 5.27. The summed E-state index contributed by atoms with van der Waals surface area (Å²) in [6.07, 6.45) is 1.11. The molecule has 2 N–H and O–H groups in total. The highest BCUT2D eigenvalue weighted by molar-refractivity contribution is 5.71. The van der Waals surface area contributed by atoms with Gasteiger partial charge in [-0.15, -0.1) is 0 Å². The average molecular weight is 418 g/mol. The SMILES string of the molecule is CCCCn1c(=O)n(CC(O)c2ccc(F)cc2)c(=O)c2c1nc(CO)n2CCC. The smallest absolute Gasteiger partial charge is 0.332 e. The molecule has 0 aliphatic carbocycles. The maximum atomic E-state index is 13.3. The van der Waals surface area contributed by atoms with E-state index >= 15 is 0 Å². The van der Waals surface area contributed by atoms with Gasteiger partial charge >= 0.3 is 5.69 Å². The monoisotopic (exact) mass is 418 g/mol. The molecule has 2 heterocycles. The Labute approximate surface area is 172 Å². The molecule has 1 atom stereocenters. The summed E-state index contributed by atoms with van der Waals surface area (Å²) in [5.41, 5.74) is -0.232. The molecular formula is C21H27FN4O4. The van der Waals surface area contributed by atoms with Gasteiger partial charge in [0.25, 0.3) is 5.56 Å². The van der Waals surface area contributed by atoms with E-state index in [1.807, 2.05) is 13.8 Å². The van der Waals surface area contributed by atoms with Gasteiger partial charge in [-0.05, 0) is 30.5 Å². The van der Waals surface area contributed by atoms with Crippen LogP contribution in [0.2, 0.25) is 0 Å². The lowest BCUT2D eigenvalue weighted by Gasteiger charge is -2.16. The van der Waals surface area contributed by atoms with Gasteiger partial charge in [0, 0.05) is 13.1 Å². The van der Waals surface area contributed by atoms with Gasteiger partial charge < -0.3 is 14.8 Å². The molecule has 3 aromatic rings. The molecule has 9 heteroatoms. The first-order valence-corrected chi connectivity index (χ1v) is 10.2. The molecule has 0 fully saturated rings. The zero-order valence-electron chi connectivity index (χ0n) is 17.2. The van der Waals surface area contributed by atoms with Crippen LogP contribution in [0.25, 0.3) is 11.2 Å². The summed E-state index contributed by atoms with van der Waals surface area (Å²) in [4.78, 5) is 30.8. The fraction of sp³-hybridized carbons (Fsp3) is 0.476. The first kappa shape index (κ1) is 21.9. The minimum atomic E-state index is -1.16. The third-order valence-electron chi connectivity index (χ3n) is 5.13. The molecule has 30 heavy (non-hydrogen) atoms. The number of hydrogen-bond acceptors (Lipinski definition) is 5. The van der Waals surface area contributed by atoms with Crippen molar-refractivity contribution in [2.24, 2.45) is 0 Å². The Morgan fingerprint density at radius 1 is 1.03 bits per heavy atom. The first-order valence-electron chi connectivity index (χ1n) is 10.2. The predicted molar refractivity (Wildman–Crippen MR) is 111 cm³/mol. The third kappa shape index (κ3) is 4.08. The van der Waals surface area contributed by atoms with Crippen molar-refractivity contribution in [3.8, 4) is 0 Å². The van der Waals surface area contributed by atoms with Crippen LogP contribution in [0.1, 0.15) is 50.6 Å². The number of halogens is 1. The molecule has 0 spiro atoms. The number of fused-ring (bicyclic) bond motifs is 1. The summed E-state index contributed by atoms with van der Waals surface area (Å²) in [7, 11) is 0. The van der Waals surface area contributed by atoms with E-state index in [-0.39, 0.29) is 24.3 Å². The molecule has 0 saturated heterocycles. The lowest BCUT2D eigenvalue weighted by molar-refractivity contribution is 0.152. The van der Waals surface area contributed by atoms with Crippen molar-refractivity contribution in [1.82, 2.24) is 18.7 Å². The predicted octanol–water partition coefficient (Wildman–Crippen LogP) is 1.93. The lowest BCUT2D eigenvalue weighted by atomic mass is 10.1. The second kappa shape index (κ2) is 9.36. The highest BCUT2D eigenvalue weighted by atomic mass is 19.1. The third-order valence-corrected chi connectivity index (χ3v) is 5.13. The van der Waals surface area contributed by atoms with Crippen LogP contribution in [0.4, 0.5) is 4.39 Å². The summed E-state index contributed by atoms with van der Waals surface area (Å²) in [5, 5.41) is 20.3. The Balaban J connectivity index is 2.19. The quantitative estimate of drug-likeness (QED) is 0.553. The van der Waals surface area contributed by atoms with Gasteiger partial charge in [0.05, 0.1) is 12.6 Å². The Morgan fingerprint density at radius 2 is 1.73 bits per heavy atom. The molecule has 0 amide bonds. The second-order valence-electron chi connectivity index (χ2n) is 7.28. The summed E-state index contributed by atoms with van der Waals surface area (Å²) < 4.78 is 17.3. The van der Waals surface area contributed by atoms with Gasteiger partial charge in [-0.1, -0.05) is 32.4 Å². The number of hydrogen-bond donors (Lipinski definition) is 2. The van der Waals surface area contributed by atoms with Crippen LogP contribution in [-0.4, -0.2) is 28.9 Å². The van der Waals surface area contributed by atoms with E-state index in [0.717, 1.165) is 11.0 Å². The van der Waals surface area contributed by atoms with Crippen molar-refractivity contribution in [3.05, 3.63) is 62.3 Å². The maximum Gasteiger partial charge on any atom is 0.332 e. The van der Waals surface area contributed by atoms with Crippen LogP contribution in [0.15, 0.2) is 33.9 Å². The highest BCUT2D eigenvalue weighted by Crippen LogP contribution is 2.17. The zero-order chi connectivity index (χ0) is 21.8. The maximum absolute atomic E-state index is 13.3. The van der Waals surface area contributed by atoms with Gasteiger partial charge in [0.2, 0.25) is 0 Å². The molecule has 1 aromatic carbocycles. The van der Waals surface area contributed by atoms with E-state index in [1.54, 1.807) is 4.57 Å². The molecule has 0 aliphatic rings. The molecule has 2 aromatic heterocycles. The molecule has 0 saturated carbocycles. The molecule has 1 unspecified atom stereocenters. The zero-order valence-corrected chi connectivity index (χ0v) is 17.2. The largest absolute Gasteiger partial charge is 0.388 e. The van der Waals surface area contributed by atoms with Crippen LogP contribution in [-0.2, 0) is 26.2 Å². The molecule has 0 bridgehead atoms. The van der Waals surface area contributed by atoms with Crippen molar-refractivity contribution < 1.29 is 14.6 Å². The number of aliphatic hydroxyl groups excluding tert-OH is 2. The lowest BCUT2D eigenvalue weighted by Crippen LogP contribution is -2.42. The Hall–Kier alpha value is -2.78. The van der Waals surface area contributed by atoms with Crippen molar-refractivity contribution in [3.63, 3.8) is 0 Å². The molecular weight excluding hydrogens is 391 g/mol. The Bertz CT molecular complexity index is 1130. The van der Waals surface area contributed by atoms with Crippen LogP contribution in [0, 0.1) is 5.82 Å². The first-order chi connectivity index (χ1) is 14.4. The molecule has 0 aliphatic heterocycles. The van der Waals surface area contributed by atoms with E-state index in [1.165, 1.54) is 28.8 Å². The number of imidazole rings is 1. The van der Waals surface area contributed by atoms with E-state index in [2.05, 4.69) is 4.98 Å². The Morgan fingerprint density at radius 3 is 2.33 bits per heavy atom. The fourth-order valence-corrected chi connectivity index (χ4v) is 3.56. The molecule has 162 valence electrons.